The van der Waals surface area contributed by atoms with Crippen LogP contribution in [-0.2, 0) is 24.3 Å². The third-order valence-electron chi connectivity index (χ3n) is 4.92. The maximum Gasteiger partial charge on any atom is 0.223 e. The zero-order valence-electron chi connectivity index (χ0n) is 16.2. The van der Waals surface area contributed by atoms with E-state index in [1.165, 1.54) is 11.1 Å². The molecule has 28 heavy (non-hydrogen) atoms. The molecular formula is C22H27ClN4O. The summed E-state index contributed by atoms with van der Waals surface area (Å²) in [6, 6.07) is 16.1. The second kappa shape index (κ2) is 10.1. The van der Waals surface area contributed by atoms with Crippen LogP contribution < -0.4 is 10.6 Å². The van der Waals surface area contributed by atoms with Gasteiger partial charge >= 0.3 is 0 Å². The van der Waals surface area contributed by atoms with Crippen LogP contribution in [-0.4, -0.2) is 36.9 Å². The summed E-state index contributed by atoms with van der Waals surface area (Å²) in [5, 5.41) is 7.34. The quantitative estimate of drug-likeness (QED) is 0.427. The molecule has 2 aromatic carbocycles. The molecule has 148 valence electrons. The largest absolute Gasteiger partial charge is 0.356 e. The van der Waals surface area contributed by atoms with Crippen LogP contribution in [0.25, 0.3) is 0 Å². The molecule has 0 radical (unpaired) electrons. The van der Waals surface area contributed by atoms with Gasteiger partial charge in [0.2, 0.25) is 5.91 Å². The minimum absolute atomic E-state index is 0.208. The third-order valence-corrected chi connectivity index (χ3v) is 5.29. The predicted octanol–water partition coefficient (Wildman–Crippen LogP) is 3.37. The SMILES string of the molecule is CN=C(NCCCC(=O)N1Cc2ccccc2C1)NCCc1ccccc1Cl. The lowest BCUT2D eigenvalue weighted by Gasteiger charge is -2.16. The maximum absolute atomic E-state index is 12.4. The molecule has 1 heterocycles. The predicted molar refractivity (Wildman–Crippen MR) is 114 cm³/mol. The standard InChI is InChI=1S/C22H27ClN4O/c1-24-22(26-14-12-17-7-4-5-10-20(17)23)25-13-6-11-21(28)27-15-18-8-2-3-9-19(18)16-27/h2-5,7-10H,6,11-16H2,1H3,(H2,24,25,26). The highest BCUT2D eigenvalue weighted by atomic mass is 35.5. The second-order valence-electron chi connectivity index (χ2n) is 6.89. The number of carbonyl (C=O) groups excluding carboxylic acids is 1. The van der Waals surface area contributed by atoms with E-state index < -0.39 is 0 Å². The molecule has 0 aromatic heterocycles. The lowest BCUT2D eigenvalue weighted by Crippen LogP contribution is -2.39. The summed E-state index contributed by atoms with van der Waals surface area (Å²) in [7, 11) is 1.75. The van der Waals surface area contributed by atoms with Crippen LogP contribution in [0, 0.1) is 0 Å². The number of guanidine groups is 1. The van der Waals surface area contributed by atoms with Crippen LogP contribution in [0.3, 0.4) is 0 Å². The molecule has 1 amide bonds. The second-order valence-corrected chi connectivity index (χ2v) is 7.30. The van der Waals surface area contributed by atoms with E-state index in [1.807, 2.05) is 41.3 Å². The minimum atomic E-state index is 0.208. The van der Waals surface area contributed by atoms with E-state index in [1.54, 1.807) is 7.05 Å². The Bertz CT molecular complexity index is 812. The van der Waals surface area contributed by atoms with Crippen LogP contribution in [0.5, 0.6) is 0 Å². The van der Waals surface area contributed by atoms with Crippen molar-refractivity contribution in [3.63, 3.8) is 0 Å². The lowest BCUT2D eigenvalue weighted by atomic mass is 10.1. The van der Waals surface area contributed by atoms with Crippen molar-refractivity contribution in [2.75, 3.05) is 20.1 Å². The molecule has 0 saturated heterocycles. The van der Waals surface area contributed by atoms with E-state index >= 15 is 0 Å². The number of hydrogen-bond donors (Lipinski definition) is 2. The minimum Gasteiger partial charge on any atom is -0.356 e. The summed E-state index contributed by atoms with van der Waals surface area (Å²) in [5.41, 5.74) is 3.64. The number of nitrogens with zero attached hydrogens (tertiary/aromatic N) is 2. The molecule has 2 N–H and O–H groups in total. The van der Waals surface area contributed by atoms with E-state index in [0.717, 1.165) is 49.0 Å². The summed E-state index contributed by atoms with van der Waals surface area (Å²) in [6.07, 6.45) is 2.14. The zero-order valence-corrected chi connectivity index (χ0v) is 17.0. The molecule has 0 bridgehead atoms. The van der Waals surface area contributed by atoms with E-state index in [-0.39, 0.29) is 5.91 Å². The van der Waals surface area contributed by atoms with E-state index in [4.69, 9.17) is 11.6 Å². The first-order valence-electron chi connectivity index (χ1n) is 9.70. The Kier molecular flexibility index (Phi) is 7.31. The number of nitrogens with one attached hydrogen (secondary N) is 2. The molecule has 5 nitrogen and oxygen atoms in total. The zero-order chi connectivity index (χ0) is 19.8. The van der Waals surface area contributed by atoms with Crippen LogP contribution in [0.1, 0.15) is 29.5 Å². The van der Waals surface area contributed by atoms with Gasteiger partial charge in [0.25, 0.3) is 0 Å². The van der Waals surface area contributed by atoms with Crippen molar-refractivity contribution >= 4 is 23.5 Å². The Morgan fingerprint density at radius 3 is 2.36 bits per heavy atom. The smallest absolute Gasteiger partial charge is 0.223 e. The molecule has 0 aliphatic carbocycles. The van der Waals surface area contributed by atoms with Gasteiger partial charge in [0.15, 0.2) is 5.96 Å². The molecule has 0 atom stereocenters. The Balaban J connectivity index is 1.33. The van der Waals surface area contributed by atoms with Gasteiger partial charge in [-0.1, -0.05) is 54.1 Å². The van der Waals surface area contributed by atoms with Crippen LogP contribution >= 0.6 is 11.6 Å². The molecule has 1 aliphatic heterocycles. The molecule has 2 aromatic rings. The van der Waals surface area contributed by atoms with Gasteiger partial charge in [-0.05, 0) is 35.6 Å². The molecule has 0 unspecified atom stereocenters. The van der Waals surface area contributed by atoms with Crippen molar-refractivity contribution < 1.29 is 4.79 Å². The average molecular weight is 399 g/mol. The first kappa shape index (κ1) is 20.2. The van der Waals surface area contributed by atoms with Gasteiger partial charge in [0.05, 0.1) is 0 Å². The van der Waals surface area contributed by atoms with Crippen molar-refractivity contribution in [1.29, 1.82) is 0 Å². The fraction of sp³-hybridized carbons (Fsp3) is 0.364. The van der Waals surface area contributed by atoms with Gasteiger partial charge in [-0.3, -0.25) is 9.79 Å². The summed E-state index contributed by atoms with van der Waals surface area (Å²) in [5.74, 6) is 0.952. The van der Waals surface area contributed by atoms with Gasteiger partial charge in [0, 0.05) is 44.7 Å². The number of carbonyl (C=O) groups is 1. The third kappa shape index (κ3) is 5.49. The first-order valence-corrected chi connectivity index (χ1v) is 10.1. The highest BCUT2D eigenvalue weighted by molar-refractivity contribution is 6.31. The van der Waals surface area contributed by atoms with Crippen LogP contribution in [0.2, 0.25) is 5.02 Å². The van der Waals surface area contributed by atoms with E-state index in [2.05, 4.69) is 27.8 Å². The summed E-state index contributed by atoms with van der Waals surface area (Å²) in [6.45, 7) is 2.91. The number of benzene rings is 2. The average Bonchev–Trinajstić information content (AvgIpc) is 3.15. The summed E-state index contributed by atoms with van der Waals surface area (Å²) < 4.78 is 0. The Hall–Kier alpha value is -2.53. The monoisotopic (exact) mass is 398 g/mol. The number of rotatable bonds is 7. The number of amides is 1. The van der Waals surface area contributed by atoms with Gasteiger partial charge in [-0.25, -0.2) is 0 Å². The number of fused-ring (bicyclic) bond motifs is 1. The topological polar surface area (TPSA) is 56.7 Å². The molecule has 3 rings (SSSR count). The lowest BCUT2D eigenvalue weighted by molar-refractivity contribution is -0.131. The molecular weight excluding hydrogens is 372 g/mol. The van der Waals surface area contributed by atoms with Crippen LogP contribution in [0.15, 0.2) is 53.5 Å². The van der Waals surface area contributed by atoms with Crippen molar-refractivity contribution in [3.8, 4) is 0 Å². The molecule has 1 aliphatic rings. The number of hydrogen-bond acceptors (Lipinski definition) is 2. The summed E-state index contributed by atoms with van der Waals surface area (Å²) in [4.78, 5) is 18.6. The van der Waals surface area contributed by atoms with Gasteiger partial charge in [-0.15, -0.1) is 0 Å². The maximum atomic E-state index is 12.4. The highest BCUT2D eigenvalue weighted by Gasteiger charge is 2.22. The fourth-order valence-electron chi connectivity index (χ4n) is 3.35. The van der Waals surface area contributed by atoms with E-state index in [9.17, 15) is 4.79 Å². The molecule has 0 spiro atoms. The Morgan fingerprint density at radius 2 is 1.68 bits per heavy atom. The fourth-order valence-corrected chi connectivity index (χ4v) is 3.58. The number of halogens is 1. The van der Waals surface area contributed by atoms with E-state index in [0.29, 0.717) is 13.0 Å². The first-order chi connectivity index (χ1) is 13.7. The van der Waals surface area contributed by atoms with Crippen molar-refractivity contribution in [2.24, 2.45) is 4.99 Å². The van der Waals surface area contributed by atoms with Crippen molar-refractivity contribution in [1.82, 2.24) is 15.5 Å². The summed E-state index contributed by atoms with van der Waals surface area (Å²) >= 11 is 6.18. The van der Waals surface area contributed by atoms with Crippen molar-refractivity contribution in [3.05, 3.63) is 70.2 Å². The van der Waals surface area contributed by atoms with Crippen molar-refractivity contribution in [2.45, 2.75) is 32.4 Å². The van der Waals surface area contributed by atoms with Gasteiger partial charge in [0.1, 0.15) is 0 Å². The molecule has 0 saturated carbocycles. The van der Waals surface area contributed by atoms with Gasteiger partial charge < -0.3 is 15.5 Å². The van der Waals surface area contributed by atoms with Crippen LogP contribution in [0.4, 0.5) is 0 Å². The van der Waals surface area contributed by atoms with Gasteiger partial charge in [-0.2, -0.15) is 0 Å². The molecule has 0 fully saturated rings. The normalized spacial score (nSPS) is 13.4. The number of aliphatic imine (C=N–C) groups is 1. The Labute approximate surface area is 171 Å². The Morgan fingerprint density at radius 1 is 1.04 bits per heavy atom. The highest BCUT2D eigenvalue weighted by Crippen LogP contribution is 2.22. The molecule has 6 heteroatoms.